The monoisotopic (exact) mass is 320 g/mol. The fourth-order valence-corrected chi connectivity index (χ4v) is 2.47. The largest absolute Gasteiger partial charge is 0.437 e. The van der Waals surface area contributed by atoms with Crippen molar-refractivity contribution in [1.29, 1.82) is 0 Å². The van der Waals surface area contributed by atoms with Crippen molar-refractivity contribution in [2.45, 2.75) is 24.9 Å². The molecule has 22 heavy (non-hydrogen) atoms. The second kappa shape index (κ2) is 5.24. The zero-order valence-electron chi connectivity index (χ0n) is 11.2. The van der Waals surface area contributed by atoms with Crippen molar-refractivity contribution in [3.05, 3.63) is 35.6 Å². The Morgan fingerprint density at radius 3 is 2.27 bits per heavy atom. The molecular formula is C13H12F4N2O3. The number of hydrogen-bond donors (Lipinski definition) is 3. The fourth-order valence-electron chi connectivity index (χ4n) is 2.47. The highest BCUT2D eigenvalue weighted by atomic mass is 19.4. The predicted octanol–water partition coefficient (Wildman–Crippen LogP) is 1.64. The number of aliphatic hydroxyl groups is 1. The van der Waals surface area contributed by atoms with Crippen molar-refractivity contribution >= 4 is 11.8 Å². The summed E-state index contributed by atoms with van der Waals surface area (Å²) in [6.07, 6.45) is -5.26. The van der Waals surface area contributed by atoms with Crippen LogP contribution in [0.5, 0.6) is 0 Å². The van der Waals surface area contributed by atoms with Gasteiger partial charge in [-0.1, -0.05) is 12.1 Å². The van der Waals surface area contributed by atoms with E-state index in [1.165, 1.54) is 5.32 Å². The van der Waals surface area contributed by atoms with Crippen LogP contribution in [0.15, 0.2) is 24.3 Å². The molecule has 1 aromatic carbocycles. The van der Waals surface area contributed by atoms with Crippen LogP contribution in [0.2, 0.25) is 0 Å². The van der Waals surface area contributed by atoms with E-state index in [0.29, 0.717) is 0 Å². The number of rotatable bonds is 2. The maximum absolute atomic E-state index is 13.2. The van der Waals surface area contributed by atoms with Crippen LogP contribution in [0.1, 0.15) is 18.5 Å². The molecule has 2 amide bonds. The Morgan fingerprint density at radius 2 is 1.82 bits per heavy atom. The van der Waals surface area contributed by atoms with Crippen LogP contribution < -0.4 is 10.6 Å². The van der Waals surface area contributed by atoms with Gasteiger partial charge in [0.1, 0.15) is 11.6 Å². The van der Waals surface area contributed by atoms with Crippen molar-refractivity contribution in [2.75, 3.05) is 0 Å². The molecule has 0 spiro atoms. The first-order valence-corrected chi connectivity index (χ1v) is 6.20. The normalized spacial score (nSPS) is 28.7. The van der Waals surface area contributed by atoms with Crippen LogP contribution >= 0.6 is 0 Å². The molecular weight excluding hydrogens is 308 g/mol. The molecule has 0 saturated carbocycles. The predicted molar refractivity (Wildman–Crippen MR) is 66.0 cm³/mol. The molecule has 3 atom stereocenters. The Balaban J connectivity index is 2.54. The van der Waals surface area contributed by atoms with E-state index in [4.69, 9.17) is 0 Å². The average molecular weight is 320 g/mol. The topological polar surface area (TPSA) is 78.4 Å². The SMILES string of the molecule is CC(=O)[C@H]1[C@H](c2ccc(F)cc2)NC(=O)N[C@]1(O)C(F)(F)F. The van der Waals surface area contributed by atoms with Gasteiger partial charge in [0.15, 0.2) is 0 Å². The van der Waals surface area contributed by atoms with Gasteiger partial charge in [-0.2, -0.15) is 13.2 Å². The number of hydrogen-bond acceptors (Lipinski definition) is 3. The molecule has 2 rings (SSSR count). The van der Waals surface area contributed by atoms with Crippen molar-refractivity contribution in [1.82, 2.24) is 10.6 Å². The molecule has 1 aliphatic heterocycles. The van der Waals surface area contributed by atoms with Crippen LogP contribution in [-0.2, 0) is 4.79 Å². The third kappa shape index (κ3) is 2.63. The molecule has 0 bridgehead atoms. The number of carbonyl (C=O) groups is 2. The van der Waals surface area contributed by atoms with E-state index in [2.05, 4.69) is 5.32 Å². The summed E-state index contributed by atoms with van der Waals surface area (Å²) in [5.74, 6) is -3.63. The lowest BCUT2D eigenvalue weighted by Crippen LogP contribution is -2.72. The van der Waals surface area contributed by atoms with Gasteiger partial charge in [-0.05, 0) is 24.6 Å². The molecule has 1 heterocycles. The number of amides is 2. The molecule has 1 aliphatic rings. The number of urea groups is 1. The lowest BCUT2D eigenvalue weighted by molar-refractivity contribution is -0.290. The van der Waals surface area contributed by atoms with Crippen molar-refractivity contribution in [2.24, 2.45) is 5.92 Å². The molecule has 0 aromatic heterocycles. The summed E-state index contributed by atoms with van der Waals surface area (Å²) in [5, 5.41) is 13.4. The molecule has 1 aromatic rings. The second-order valence-electron chi connectivity index (χ2n) is 4.98. The smallest absolute Gasteiger partial charge is 0.363 e. The van der Waals surface area contributed by atoms with E-state index >= 15 is 0 Å². The molecule has 9 heteroatoms. The Hall–Kier alpha value is -2.16. The summed E-state index contributed by atoms with van der Waals surface area (Å²) in [4.78, 5) is 23.2. The molecule has 0 unspecified atom stereocenters. The minimum atomic E-state index is -5.26. The fraction of sp³-hybridized carbons (Fsp3) is 0.385. The van der Waals surface area contributed by atoms with Crippen LogP contribution in [0, 0.1) is 11.7 Å². The maximum Gasteiger partial charge on any atom is 0.437 e. The van der Waals surface area contributed by atoms with Gasteiger partial charge >= 0.3 is 12.2 Å². The summed E-state index contributed by atoms with van der Waals surface area (Å²) >= 11 is 0. The highest BCUT2D eigenvalue weighted by Crippen LogP contribution is 2.42. The van der Waals surface area contributed by atoms with Crippen molar-refractivity contribution in [3.8, 4) is 0 Å². The summed E-state index contributed by atoms with van der Waals surface area (Å²) in [6.45, 7) is 0.872. The maximum atomic E-state index is 13.2. The van der Waals surface area contributed by atoms with Crippen LogP contribution in [0.3, 0.4) is 0 Å². The van der Waals surface area contributed by atoms with E-state index in [1.807, 2.05) is 0 Å². The third-order valence-corrected chi connectivity index (χ3v) is 3.47. The van der Waals surface area contributed by atoms with Crippen molar-refractivity contribution < 1.29 is 32.3 Å². The van der Waals surface area contributed by atoms with Gasteiger partial charge in [0.05, 0.1) is 12.0 Å². The first-order chi connectivity index (χ1) is 10.1. The average Bonchev–Trinajstić information content (AvgIpc) is 2.36. The zero-order chi connectivity index (χ0) is 16.7. The first-order valence-electron chi connectivity index (χ1n) is 6.20. The second-order valence-corrected chi connectivity index (χ2v) is 4.98. The Labute approximate surface area is 122 Å². The molecule has 120 valence electrons. The molecule has 0 radical (unpaired) electrons. The summed E-state index contributed by atoms with van der Waals surface area (Å²) in [7, 11) is 0. The highest BCUT2D eigenvalue weighted by Gasteiger charge is 2.65. The van der Waals surface area contributed by atoms with Gasteiger partial charge in [0, 0.05) is 0 Å². The van der Waals surface area contributed by atoms with Gasteiger partial charge < -0.3 is 15.7 Å². The Kier molecular flexibility index (Phi) is 3.86. The van der Waals surface area contributed by atoms with Gasteiger partial charge in [0.2, 0.25) is 5.72 Å². The number of carbonyl (C=O) groups excluding carboxylic acids is 2. The quantitative estimate of drug-likeness (QED) is 0.725. The van der Waals surface area contributed by atoms with E-state index in [-0.39, 0.29) is 5.56 Å². The van der Waals surface area contributed by atoms with Gasteiger partial charge in [-0.25, -0.2) is 9.18 Å². The molecule has 1 saturated heterocycles. The number of halogens is 4. The summed E-state index contributed by atoms with van der Waals surface area (Å²) < 4.78 is 52.4. The number of ketones is 1. The lowest BCUT2D eigenvalue weighted by atomic mass is 9.79. The van der Waals surface area contributed by atoms with Crippen LogP contribution in [0.25, 0.3) is 0 Å². The lowest BCUT2D eigenvalue weighted by Gasteiger charge is -2.44. The third-order valence-electron chi connectivity index (χ3n) is 3.47. The van der Waals surface area contributed by atoms with Crippen molar-refractivity contribution in [3.63, 3.8) is 0 Å². The molecule has 5 nitrogen and oxygen atoms in total. The minimum absolute atomic E-state index is 0.0686. The van der Waals surface area contributed by atoms with Gasteiger partial charge in [-0.15, -0.1) is 0 Å². The number of benzene rings is 1. The van der Waals surface area contributed by atoms with Crippen LogP contribution in [0.4, 0.5) is 22.4 Å². The molecule has 0 aliphatic carbocycles. The Bertz CT molecular complexity index is 602. The molecule has 3 N–H and O–H groups in total. The summed E-state index contributed by atoms with van der Waals surface area (Å²) in [5.41, 5.74) is -3.64. The molecule has 1 fully saturated rings. The number of alkyl halides is 3. The number of nitrogens with one attached hydrogen (secondary N) is 2. The highest BCUT2D eigenvalue weighted by molar-refractivity contribution is 5.86. The minimum Gasteiger partial charge on any atom is -0.363 e. The van der Waals surface area contributed by atoms with Crippen LogP contribution in [-0.4, -0.2) is 28.8 Å². The van der Waals surface area contributed by atoms with E-state index in [9.17, 15) is 32.3 Å². The standard InChI is InChI=1S/C13H12F4N2O3/c1-6(20)9-10(7-2-4-8(14)5-3-7)18-11(21)19-12(9,22)13(15,16)17/h2-5,9-10,22H,1H3,(H2,18,19,21)/t9-,10-,12+/m0/s1. The van der Waals surface area contributed by atoms with E-state index in [0.717, 1.165) is 31.2 Å². The Morgan fingerprint density at radius 1 is 1.27 bits per heavy atom. The van der Waals surface area contributed by atoms with Gasteiger partial charge in [0.25, 0.3) is 0 Å². The summed E-state index contributed by atoms with van der Waals surface area (Å²) in [6, 6.07) is 1.50. The van der Waals surface area contributed by atoms with E-state index < -0.39 is 41.5 Å². The zero-order valence-corrected chi connectivity index (χ0v) is 11.2. The van der Waals surface area contributed by atoms with Gasteiger partial charge in [-0.3, -0.25) is 4.79 Å². The first kappa shape index (κ1) is 16.2. The number of Topliss-reactive ketones (excluding diaryl/α,β-unsaturated/α-hetero) is 1. The van der Waals surface area contributed by atoms with E-state index in [1.54, 1.807) is 0 Å².